The van der Waals surface area contributed by atoms with E-state index in [9.17, 15) is 9.59 Å². The van der Waals surface area contributed by atoms with Gasteiger partial charge in [-0.1, -0.05) is 72.4 Å². The number of benzene rings is 2. The van der Waals surface area contributed by atoms with E-state index < -0.39 is 6.29 Å². The molecule has 0 bridgehead atoms. The van der Waals surface area contributed by atoms with Crippen LogP contribution < -0.4 is 10.7 Å². The topological polar surface area (TPSA) is 77.0 Å². The average Bonchev–Trinajstić information content (AvgIpc) is 3.26. The minimum Gasteiger partial charge on any atom is -0.342 e. The Morgan fingerprint density at radius 2 is 1.73 bits per heavy atom. The van der Waals surface area contributed by atoms with Gasteiger partial charge in [-0.3, -0.25) is 19.9 Å². The molecule has 0 aliphatic carbocycles. The van der Waals surface area contributed by atoms with E-state index in [4.69, 9.17) is 0 Å². The van der Waals surface area contributed by atoms with E-state index in [0.717, 1.165) is 43.6 Å². The minimum atomic E-state index is -0.441. The molecule has 0 aromatic heterocycles. The van der Waals surface area contributed by atoms with Gasteiger partial charge in [-0.2, -0.15) is 5.10 Å². The van der Waals surface area contributed by atoms with Crippen LogP contribution in [0.2, 0.25) is 0 Å². The standard InChI is InChI=1S/C25H27N5O2S/c31-22-16-21(20-9-5-2-6-10-20)30-24(26-22)27-28-25(30)33-17-23(32)29-13-11-19(12-14-29)15-18-7-3-1-4-8-18/h1-10,16,19,24,27H,11-15,17H2,(H,26,31). The van der Waals surface area contributed by atoms with Gasteiger partial charge in [0.1, 0.15) is 0 Å². The number of hydrogen-bond acceptors (Lipinski definition) is 6. The van der Waals surface area contributed by atoms with Crippen molar-refractivity contribution in [1.82, 2.24) is 20.5 Å². The van der Waals surface area contributed by atoms with Crippen LogP contribution in [0.25, 0.3) is 5.70 Å². The number of carbonyl (C=O) groups is 2. The Balaban J connectivity index is 1.16. The molecule has 3 heterocycles. The van der Waals surface area contributed by atoms with Crippen molar-refractivity contribution in [3.05, 3.63) is 77.9 Å². The van der Waals surface area contributed by atoms with Crippen molar-refractivity contribution < 1.29 is 9.59 Å². The van der Waals surface area contributed by atoms with Gasteiger partial charge in [-0.25, -0.2) is 0 Å². The Labute approximate surface area is 197 Å². The summed E-state index contributed by atoms with van der Waals surface area (Å²) in [6.45, 7) is 1.61. The maximum absolute atomic E-state index is 12.9. The number of nitrogens with zero attached hydrogens (tertiary/aromatic N) is 3. The van der Waals surface area contributed by atoms with E-state index in [-0.39, 0.29) is 11.8 Å². The largest absolute Gasteiger partial charge is 0.342 e. The van der Waals surface area contributed by atoms with Gasteiger partial charge in [0.05, 0.1) is 11.4 Å². The van der Waals surface area contributed by atoms with E-state index in [2.05, 4.69) is 40.1 Å². The van der Waals surface area contributed by atoms with Crippen LogP contribution in [-0.4, -0.2) is 51.9 Å². The Morgan fingerprint density at radius 3 is 2.45 bits per heavy atom. The summed E-state index contributed by atoms with van der Waals surface area (Å²) in [7, 11) is 0. The van der Waals surface area contributed by atoms with Crippen LogP contribution in [0.5, 0.6) is 0 Å². The first-order valence-electron chi connectivity index (χ1n) is 11.3. The normalized spacial score (nSPS) is 20.5. The van der Waals surface area contributed by atoms with Gasteiger partial charge in [0.15, 0.2) is 11.5 Å². The molecular formula is C25H27N5O2S. The van der Waals surface area contributed by atoms with Gasteiger partial charge >= 0.3 is 0 Å². The highest BCUT2D eigenvalue weighted by Crippen LogP contribution is 2.30. The van der Waals surface area contributed by atoms with Gasteiger partial charge in [0.2, 0.25) is 11.8 Å². The van der Waals surface area contributed by atoms with E-state index in [0.29, 0.717) is 16.8 Å². The first-order valence-corrected chi connectivity index (χ1v) is 12.3. The van der Waals surface area contributed by atoms with Crippen molar-refractivity contribution in [2.24, 2.45) is 11.0 Å². The van der Waals surface area contributed by atoms with E-state index >= 15 is 0 Å². The van der Waals surface area contributed by atoms with Gasteiger partial charge in [-0.15, -0.1) is 0 Å². The number of hydrogen-bond donors (Lipinski definition) is 2. The number of carbonyl (C=O) groups excluding carboxylic acids is 2. The van der Waals surface area contributed by atoms with Gasteiger partial charge in [0, 0.05) is 19.2 Å². The number of amidine groups is 1. The van der Waals surface area contributed by atoms with Crippen molar-refractivity contribution in [3.8, 4) is 0 Å². The molecule has 1 saturated heterocycles. The smallest absolute Gasteiger partial charge is 0.249 e. The van der Waals surface area contributed by atoms with E-state index in [1.54, 1.807) is 6.08 Å². The zero-order valence-corrected chi connectivity index (χ0v) is 19.1. The number of rotatable bonds is 5. The van der Waals surface area contributed by atoms with Crippen LogP contribution in [0.3, 0.4) is 0 Å². The summed E-state index contributed by atoms with van der Waals surface area (Å²) in [6, 6.07) is 20.3. The minimum absolute atomic E-state index is 0.135. The molecule has 0 saturated carbocycles. The molecule has 3 aliphatic heterocycles. The molecule has 1 fully saturated rings. The predicted octanol–water partition coefficient (Wildman–Crippen LogP) is 2.83. The number of hydrazone groups is 1. The van der Waals surface area contributed by atoms with Crippen LogP contribution in [-0.2, 0) is 16.0 Å². The van der Waals surface area contributed by atoms with Crippen LogP contribution in [0.1, 0.15) is 24.0 Å². The molecular weight excluding hydrogens is 434 g/mol. The first-order chi connectivity index (χ1) is 16.2. The molecule has 3 aliphatic rings. The van der Waals surface area contributed by atoms with Gasteiger partial charge in [-0.05, 0) is 36.3 Å². The fourth-order valence-corrected chi connectivity index (χ4v) is 5.43. The molecule has 5 rings (SSSR count). The highest BCUT2D eigenvalue weighted by atomic mass is 32.2. The molecule has 33 heavy (non-hydrogen) atoms. The number of fused-ring (bicyclic) bond motifs is 1. The Bertz CT molecular complexity index is 1060. The molecule has 8 heteroatoms. The Morgan fingerprint density at radius 1 is 1.03 bits per heavy atom. The maximum Gasteiger partial charge on any atom is 0.249 e. The summed E-state index contributed by atoms with van der Waals surface area (Å²) in [5.41, 5.74) is 6.04. The van der Waals surface area contributed by atoms with Crippen molar-refractivity contribution in [2.75, 3.05) is 18.8 Å². The number of thioether (sulfide) groups is 1. The number of likely N-dealkylation sites (tertiary alicyclic amines) is 1. The maximum atomic E-state index is 12.9. The third-order valence-electron chi connectivity index (χ3n) is 6.28. The molecule has 1 atom stereocenters. The fourth-order valence-electron chi connectivity index (χ4n) is 4.53. The molecule has 170 valence electrons. The fraction of sp³-hybridized carbons (Fsp3) is 0.320. The average molecular weight is 462 g/mol. The summed E-state index contributed by atoms with van der Waals surface area (Å²) in [4.78, 5) is 29.0. The summed E-state index contributed by atoms with van der Waals surface area (Å²) < 4.78 is 0. The van der Waals surface area contributed by atoms with Crippen LogP contribution in [0, 0.1) is 5.92 Å². The molecule has 2 aromatic carbocycles. The monoisotopic (exact) mass is 461 g/mol. The molecule has 1 unspecified atom stereocenters. The summed E-state index contributed by atoms with van der Waals surface area (Å²) in [5, 5.41) is 7.94. The van der Waals surface area contributed by atoms with Crippen molar-refractivity contribution >= 4 is 34.4 Å². The second kappa shape index (κ2) is 9.70. The second-order valence-electron chi connectivity index (χ2n) is 8.50. The van der Waals surface area contributed by atoms with Crippen molar-refractivity contribution in [3.63, 3.8) is 0 Å². The lowest BCUT2D eigenvalue weighted by atomic mass is 9.90. The number of piperidine rings is 1. The number of nitrogens with one attached hydrogen (secondary N) is 2. The van der Waals surface area contributed by atoms with Gasteiger partial charge in [0.25, 0.3) is 0 Å². The third-order valence-corrected chi connectivity index (χ3v) is 7.22. The summed E-state index contributed by atoms with van der Waals surface area (Å²) >= 11 is 1.40. The van der Waals surface area contributed by atoms with E-state index in [1.807, 2.05) is 46.2 Å². The van der Waals surface area contributed by atoms with Crippen LogP contribution >= 0.6 is 11.8 Å². The van der Waals surface area contributed by atoms with Crippen LogP contribution in [0.15, 0.2) is 71.8 Å². The lowest BCUT2D eigenvalue weighted by molar-refractivity contribution is -0.129. The zero-order valence-electron chi connectivity index (χ0n) is 18.3. The van der Waals surface area contributed by atoms with E-state index in [1.165, 1.54) is 17.3 Å². The predicted molar refractivity (Wildman–Crippen MR) is 131 cm³/mol. The lowest BCUT2D eigenvalue weighted by Gasteiger charge is -2.33. The highest BCUT2D eigenvalue weighted by Gasteiger charge is 2.36. The third kappa shape index (κ3) is 4.90. The second-order valence-corrected chi connectivity index (χ2v) is 9.45. The van der Waals surface area contributed by atoms with Crippen molar-refractivity contribution in [1.29, 1.82) is 0 Å². The first kappa shape index (κ1) is 21.6. The molecule has 7 nitrogen and oxygen atoms in total. The summed E-state index contributed by atoms with van der Waals surface area (Å²) in [5.74, 6) is 0.918. The highest BCUT2D eigenvalue weighted by molar-refractivity contribution is 8.14. The molecule has 0 radical (unpaired) electrons. The Hall–Kier alpha value is -3.26. The molecule has 2 amide bonds. The molecule has 2 aromatic rings. The molecule has 0 spiro atoms. The van der Waals surface area contributed by atoms with Crippen LogP contribution in [0.4, 0.5) is 0 Å². The van der Waals surface area contributed by atoms with Gasteiger partial charge < -0.3 is 10.2 Å². The summed E-state index contributed by atoms with van der Waals surface area (Å²) in [6.07, 6.45) is 4.29. The molecule has 2 N–H and O–H groups in total. The zero-order chi connectivity index (χ0) is 22.6. The van der Waals surface area contributed by atoms with Crippen molar-refractivity contribution in [2.45, 2.75) is 25.6 Å². The SMILES string of the molecule is O=C1C=C(c2ccccc2)N2C(SCC(=O)N3CCC(Cc4ccccc4)CC3)=NNC2N1. The quantitative estimate of drug-likeness (QED) is 0.716. The lowest BCUT2D eigenvalue weighted by Crippen LogP contribution is -2.54. The Kier molecular flexibility index (Phi) is 6.35. The number of amides is 2.